The Bertz CT molecular complexity index is 2200. The fourth-order valence-electron chi connectivity index (χ4n) is 4.51. The van der Waals surface area contributed by atoms with Crippen molar-refractivity contribution in [2.75, 3.05) is 19.0 Å². The minimum Gasteiger partial charge on any atom is -0.493 e. The number of anilines is 1. The molecule has 0 spiro atoms. The number of nitrogens with one attached hydrogen (secondary N) is 1. The summed E-state index contributed by atoms with van der Waals surface area (Å²) < 4.78 is 34.3. The number of amides is 1. The third-order valence-electron chi connectivity index (χ3n) is 6.64. The molecular weight excluding hydrogens is 779 g/mol. The predicted molar refractivity (Wildman–Crippen MR) is 181 cm³/mol. The van der Waals surface area contributed by atoms with E-state index in [1.54, 1.807) is 42.5 Å². The molecule has 45 heavy (non-hydrogen) atoms. The zero-order valence-electron chi connectivity index (χ0n) is 23.2. The minimum atomic E-state index is -0.565. The second-order valence-electron chi connectivity index (χ2n) is 9.55. The summed E-state index contributed by atoms with van der Waals surface area (Å²) in [7, 11) is 1.44. The van der Waals surface area contributed by atoms with Gasteiger partial charge >= 0.3 is 0 Å². The molecule has 2 heterocycles. The Morgan fingerprint density at radius 3 is 2.62 bits per heavy atom. The van der Waals surface area contributed by atoms with Crippen molar-refractivity contribution >= 4 is 87.5 Å². The van der Waals surface area contributed by atoms with Crippen LogP contribution in [0.1, 0.15) is 5.56 Å². The number of hydrogen-bond acceptors (Lipinski definition) is 7. The van der Waals surface area contributed by atoms with Gasteiger partial charge in [-0.3, -0.25) is 9.59 Å². The second kappa shape index (κ2) is 13.0. The third kappa shape index (κ3) is 6.28. The smallest absolute Gasteiger partial charge is 0.282 e. The van der Waals surface area contributed by atoms with Gasteiger partial charge in [0.1, 0.15) is 11.4 Å². The molecule has 0 unspecified atom stereocenters. The molecule has 0 aliphatic rings. The predicted octanol–water partition coefficient (Wildman–Crippen LogP) is 8.14. The molecule has 0 aliphatic carbocycles. The molecule has 0 aliphatic heterocycles. The van der Waals surface area contributed by atoms with Gasteiger partial charge in [-0.25, -0.2) is 9.37 Å². The van der Waals surface area contributed by atoms with Gasteiger partial charge in [-0.05, 0) is 86.5 Å². The van der Waals surface area contributed by atoms with E-state index in [4.69, 9.17) is 18.9 Å². The number of fused-ring (bicyclic) bond motifs is 2. The molecule has 1 N–H and O–H groups in total. The number of methoxy groups -OCH3 is 1. The Labute approximate surface area is 280 Å². The summed E-state index contributed by atoms with van der Waals surface area (Å²) in [6, 6.07) is 21.8. The molecule has 13 heteroatoms. The fraction of sp³-hybridized carbons (Fsp3) is 0.0625. The standard InChI is InChI=1S/C32H20Br3FN4O5/c1-43-25-14-18(28(34)29(35)30(25)44-16-27(41)38-23-9-5-3-7-21(23)36)15-37-40-31(39-22-8-4-2-6-20(22)32(40)42)26-13-17-12-19(33)10-11-24(17)45-26/h2-15H,16H2,1H3,(H,38,41). The average Bonchev–Trinajstić information content (AvgIpc) is 3.46. The van der Waals surface area contributed by atoms with Crippen LogP contribution >= 0.6 is 47.8 Å². The van der Waals surface area contributed by atoms with Crippen LogP contribution in [0, 0.1) is 5.82 Å². The monoisotopic (exact) mass is 796 g/mol. The van der Waals surface area contributed by atoms with E-state index in [1.807, 2.05) is 18.2 Å². The van der Waals surface area contributed by atoms with Gasteiger partial charge in [0.2, 0.25) is 5.82 Å². The van der Waals surface area contributed by atoms with E-state index in [-0.39, 0.29) is 23.0 Å². The molecule has 0 saturated heterocycles. The maximum absolute atomic E-state index is 13.9. The first kappa shape index (κ1) is 30.7. The Morgan fingerprint density at radius 1 is 1.04 bits per heavy atom. The van der Waals surface area contributed by atoms with Crippen LogP contribution in [0.3, 0.4) is 0 Å². The first-order chi connectivity index (χ1) is 21.7. The van der Waals surface area contributed by atoms with Crippen LogP contribution in [-0.2, 0) is 4.79 Å². The highest BCUT2D eigenvalue weighted by molar-refractivity contribution is 9.13. The quantitative estimate of drug-likeness (QED) is 0.156. The molecule has 6 rings (SSSR count). The summed E-state index contributed by atoms with van der Waals surface area (Å²) >= 11 is 10.5. The van der Waals surface area contributed by atoms with Crippen LogP contribution in [0.25, 0.3) is 33.5 Å². The van der Waals surface area contributed by atoms with Crippen molar-refractivity contribution < 1.29 is 23.1 Å². The molecule has 6 aromatic rings. The number of halogens is 4. The van der Waals surface area contributed by atoms with Crippen molar-refractivity contribution in [3.8, 4) is 23.1 Å². The van der Waals surface area contributed by atoms with Crippen molar-refractivity contribution in [1.29, 1.82) is 0 Å². The summed E-state index contributed by atoms with van der Waals surface area (Å²) in [6.45, 7) is -0.418. The number of ether oxygens (including phenoxy) is 2. The molecule has 226 valence electrons. The summed E-state index contributed by atoms with van der Waals surface area (Å²) in [5, 5.41) is 8.21. The highest BCUT2D eigenvalue weighted by Gasteiger charge is 2.20. The second-order valence-corrected chi connectivity index (χ2v) is 12.1. The number of rotatable bonds is 8. The lowest BCUT2D eigenvalue weighted by molar-refractivity contribution is -0.118. The molecule has 0 fully saturated rings. The largest absolute Gasteiger partial charge is 0.493 e. The minimum absolute atomic E-state index is 0.0400. The van der Waals surface area contributed by atoms with E-state index >= 15 is 0 Å². The van der Waals surface area contributed by atoms with Crippen LogP contribution < -0.4 is 20.3 Å². The van der Waals surface area contributed by atoms with Gasteiger partial charge < -0.3 is 19.2 Å². The highest BCUT2D eigenvalue weighted by Crippen LogP contribution is 2.42. The lowest BCUT2D eigenvalue weighted by Gasteiger charge is -2.15. The number of carbonyl (C=O) groups is 1. The molecule has 4 aromatic carbocycles. The summed E-state index contributed by atoms with van der Waals surface area (Å²) in [6.07, 6.45) is 1.46. The zero-order chi connectivity index (χ0) is 31.7. The van der Waals surface area contributed by atoms with Gasteiger partial charge in [0.25, 0.3) is 11.5 Å². The lowest BCUT2D eigenvalue weighted by Crippen LogP contribution is -2.21. The first-order valence-corrected chi connectivity index (χ1v) is 15.6. The number of aromatic nitrogens is 2. The summed E-state index contributed by atoms with van der Waals surface area (Å²) in [5.41, 5.74) is 1.29. The van der Waals surface area contributed by atoms with Crippen molar-refractivity contribution in [1.82, 2.24) is 9.66 Å². The number of carbonyl (C=O) groups excluding carboxylic acids is 1. The van der Waals surface area contributed by atoms with Crippen molar-refractivity contribution in [2.24, 2.45) is 5.10 Å². The highest BCUT2D eigenvalue weighted by atomic mass is 79.9. The van der Waals surface area contributed by atoms with Crippen molar-refractivity contribution in [3.63, 3.8) is 0 Å². The normalized spacial score (nSPS) is 11.4. The van der Waals surface area contributed by atoms with E-state index < -0.39 is 23.9 Å². The van der Waals surface area contributed by atoms with Crippen LogP contribution in [-0.4, -0.2) is 35.5 Å². The van der Waals surface area contributed by atoms with E-state index in [0.717, 1.165) is 9.86 Å². The topological polar surface area (TPSA) is 108 Å². The number of benzene rings is 4. The Morgan fingerprint density at radius 2 is 1.82 bits per heavy atom. The maximum Gasteiger partial charge on any atom is 0.282 e. The van der Waals surface area contributed by atoms with Crippen LogP contribution in [0.4, 0.5) is 10.1 Å². The molecule has 1 amide bonds. The average molecular weight is 799 g/mol. The van der Waals surface area contributed by atoms with Crippen molar-refractivity contribution in [3.05, 3.63) is 114 Å². The van der Waals surface area contributed by atoms with Crippen LogP contribution in [0.15, 0.2) is 107 Å². The van der Waals surface area contributed by atoms with Gasteiger partial charge in [0.05, 0.1) is 34.4 Å². The molecule has 2 aromatic heterocycles. The van der Waals surface area contributed by atoms with E-state index in [0.29, 0.717) is 36.8 Å². The van der Waals surface area contributed by atoms with Crippen LogP contribution in [0.2, 0.25) is 0 Å². The van der Waals surface area contributed by atoms with Crippen LogP contribution in [0.5, 0.6) is 11.5 Å². The van der Waals surface area contributed by atoms with Gasteiger partial charge in [0, 0.05) is 19.9 Å². The van der Waals surface area contributed by atoms with Gasteiger partial charge in [0.15, 0.2) is 23.9 Å². The summed E-state index contributed by atoms with van der Waals surface area (Å²) in [5.74, 6) is -0.0533. The number of para-hydroxylation sites is 2. The zero-order valence-corrected chi connectivity index (χ0v) is 27.9. The number of nitrogens with zero attached hydrogens (tertiary/aromatic N) is 3. The number of furan rings is 1. The Hall–Kier alpha value is -4.33. The molecule has 0 atom stereocenters. The van der Waals surface area contributed by atoms with Gasteiger partial charge in [-0.2, -0.15) is 9.78 Å². The SMILES string of the molecule is COc1cc(C=Nn2c(-c3cc4cc(Br)ccc4o3)nc3ccccc3c2=O)c(Br)c(Br)c1OCC(=O)Nc1ccccc1F. The van der Waals surface area contributed by atoms with E-state index in [9.17, 15) is 14.0 Å². The molecule has 0 radical (unpaired) electrons. The molecule has 0 saturated carbocycles. The third-order valence-corrected chi connectivity index (χ3v) is 9.27. The van der Waals surface area contributed by atoms with E-state index in [2.05, 4.69) is 58.2 Å². The van der Waals surface area contributed by atoms with Crippen molar-refractivity contribution in [2.45, 2.75) is 0 Å². The summed E-state index contributed by atoms with van der Waals surface area (Å²) in [4.78, 5) is 30.9. The van der Waals surface area contributed by atoms with E-state index in [1.165, 1.54) is 36.2 Å². The molecule has 9 nitrogen and oxygen atoms in total. The van der Waals surface area contributed by atoms with Gasteiger partial charge in [-0.15, -0.1) is 0 Å². The Balaban J connectivity index is 1.35. The maximum atomic E-state index is 13.9. The Kier molecular flexibility index (Phi) is 8.83. The lowest BCUT2D eigenvalue weighted by atomic mass is 10.2. The fourth-order valence-corrected chi connectivity index (χ4v) is 5.82. The molecular formula is C32H20Br3FN4O5. The number of hydrogen-bond donors (Lipinski definition) is 1. The molecule has 0 bridgehead atoms. The first-order valence-electron chi connectivity index (χ1n) is 13.2. The van der Waals surface area contributed by atoms with Gasteiger partial charge in [-0.1, -0.05) is 40.2 Å².